The third kappa shape index (κ3) is 3.28. The quantitative estimate of drug-likeness (QED) is 0.752. The molecule has 0 fully saturated rings. The summed E-state index contributed by atoms with van der Waals surface area (Å²) >= 11 is 9.40. The zero-order valence-electron chi connectivity index (χ0n) is 10.7. The van der Waals surface area contributed by atoms with Gasteiger partial charge in [-0.1, -0.05) is 35.9 Å². The van der Waals surface area contributed by atoms with Gasteiger partial charge < -0.3 is 5.32 Å². The zero-order chi connectivity index (χ0) is 14.0. The van der Waals surface area contributed by atoms with Crippen molar-refractivity contribution in [3.63, 3.8) is 0 Å². The third-order valence-corrected chi connectivity index (χ3v) is 3.95. The van der Waals surface area contributed by atoms with Crippen LogP contribution in [-0.2, 0) is 0 Å². The van der Waals surface area contributed by atoms with Crippen LogP contribution in [0.3, 0.4) is 0 Å². The van der Waals surface area contributed by atoms with Gasteiger partial charge in [-0.25, -0.2) is 4.39 Å². The largest absolute Gasteiger partial charge is 0.376 e. The van der Waals surface area contributed by atoms with E-state index in [2.05, 4.69) is 47.2 Å². The van der Waals surface area contributed by atoms with Crippen LogP contribution in [0.1, 0.15) is 24.1 Å². The maximum Gasteiger partial charge on any atom is 0.125 e. The molecular weight excluding hydrogens is 329 g/mol. The lowest BCUT2D eigenvalue weighted by Crippen LogP contribution is -2.09. The van der Waals surface area contributed by atoms with Crippen LogP contribution in [0.15, 0.2) is 40.9 Å². The number of benzene rings is 2. The molecule has 1 N–H and O–H groups in total. The molecule has 0 aliphatic heterocycles. The summed E-state index contributed by atoms with van der Waals surface area (Å²) in [6.07, 6.45) is 0. The highest BCUT2D eigenvalue weighted by molar-refractivity contribution is 9.10. The molecule has 2 rings (SSSR count). The lowest BCUT2D eigenvalue weighted by molar-refractivity contribution is 0.627. The van der Waals surface area contributed by atoms with Crippen LogP contribution in [0.25, 0.3) is 0 Å². The smallest absolute Gasteiger partial charge is 0.125 e. The topological polar surface area (TPSA) is 12.0 Å². The number of hydrogen-bond donors (Lipinski definition) is 1. The molecular formula is C15H14BrClFN. The Morgan fingerprint density at radius 1 is 1.26 bits per heavy atom. The van der Waals surface area contributed by atoms with Gasteiger partial charge in [0.25, 0.3) is 0 Å². The fourth-order valence-electron chi connectivity index (χ4n) is 2.05. The van der Waals surface area contributed by atoms with Crippen LogP contribution < -0.4 is 5.32 Å². The average molecular weight is 343 g/mol. The first-order valence-corrected chi connectivity index (χ1v) is 7.12. The molecule has 0 aliphatic carbocycles. The Kier molecular flexibility index (Phi) is 4.48. The van der Waals surface area contributed by atoms with E-state index in [1.807, 2.05) is 12.1 Å². The fraction of sp³-hybridized carbons (Fsp3) is 0.200. The van der Waals surface area contributed by atoms with Crippen molar-refractivity contribution in [1.82, 2.24) is 0 Å². The highest BCUT2D eigenvalue weighted by Crippen LogP contribution is 2.34. The third-order valence-electron chi connectivity index (χ3n) is 3.02. The second kappa shape index (κ2) is 5.93. The molecule has 0 heterocycles. The van der Waals surface area contributed by atoms with Crippen molar-refractivity contribution in [3.8, 4) is 0 Å². The number of aryl methyl sites for hydroxylation is 1. The maximum absolute atomic E-state index is 13.2. The monoisotopic (exact) mass is 341 g/mol. The Balaban J connectivity index is 2.29. The molecule has 19 heavy (non-hydrogen) atoms. The molecule has 0 amide bonds. The first-order chi connectivity index (χ1) is 8.99. The zero-order valence-corrected chi connectivity index (χ0v) is 13.0. The first-order valence-electron chi connectivity index (χ1n) is 5.95. The lowest BCUT2D eigenvalue weighted by atomic mass is 10.0. The molecule has 0 saturated heterocycles. The fourth-order valence-corrected chi connectivity index (χ4v) is 2.97. The summed E-state index contributed by atoms with van der Waals surface area (Å²) in [6, 6.07) is 10.9. The van der Waals surface area contributed by atoms with Gasteiger partial charge in [-0.05, 0) is 53.0 Å². The molecule has 2 aromatic rings. The molecule has 0 saturated carbocycles. The standard InChI is InChI=1S/C15H14BrClFN/c1-9-5-3-4-6-12(9)10(2)19-15-13(16)7-11(18)8-14(15)17/h3-8,10,19H,1-2H3. The molecule has 0 bridgehead atoms. The minimum Gasteiger partial charge on any atom is -0.376 e. The predicted octanol–water partition coefficient (Wildman–Crippen LogP) is 5.72. The Hall–Kier alpha value is -1.06. The number of rotatable bonds is 3. The van der Waals surface area contributed by atoms with Gasteiger partial charge in [0.15, 0.2) is 0 Å². The molecule has 1 nitrogen and oxygen atoms in total. The summed E-state index contributed by atoms with van der Waals surface area (Å²) in [6.45, 7) is 4.11. The van der Waals surface area contributed by atoms with Gasteiger partial charge in [-0.3, -0.25) is 0 Å². The van der Waals surface area contributed by atoms with E-state index >= 15 is 0 Å². The molecule has 2 aromatic carbocycles. The van der Waals surface area contributed by atoms with Crippen LogP contribution in [0.5, 0.6) is 0 Å². The van der Waals surface area contributed by atoms with Crippen LogP contribution >= 0.6 is 27.5 Å². The van der Waals surface area contributed by atoms with Crippen molar-refractivity contribution in [1.29, 1.82) is 0 Å². The first kappa shape index (κ1) is 14.4. The van der Waals surface area contributed by atoms with E-state index in [1.165, 1.54) is 23.3 Å². The Bertz CT molecular complexity index is 577. The summed E-state index contributed by atoms with van der Waals surface area (Å²) in [5.41, 5.74) is 3.10. The summed E-state index contributed by atoms with van der Waals surface area (Å²) in [5.74, 6) is -0.356. The second-order valence-corrected chi connectivity index (χ2v) is 5.73. The molecule has 100 valence electrons. The Labute approximate surface area is 125 Å². The van der Waals surface area contributed by atoms with Crippen LogP contribution in [0.4, 0.5) is 10.1 Å². The van der Waals surface area contributed by atoms with Gasteiger partial charge in [0.1, 0.15) is 5.82 Å². The summed E-state index contributed by atoms with van der Waals surface area (Å²) in [7, 11) is 0. The minimum atomic E-state index is -0.356. The summed E-state index contributed by atoms with van der Waals surface area (Å²) in [4.78, 5) is 0. The highest BCUT2D eigenvalue weighted by atomic mass is 79.9. The van der Waals surface area contributed by atoms with Crippen molar-refractivity contribution in [2.45, 2.75) is 19.9 Å². The Morgan fingerprint density at radius 2 is 1.95 bits per heavy atom. The molecule has 1 atom stereocenters. The van der Waals surface area contributed by atoms with Crippen LogP contribution in [0.2, 0.25) is 5.02 Å². The van der Waals surface area contributed by atoms with E-state index in [-0.39, 0.29) is 11.9 Å². The van der Waals surface area contributed by atoms with E-state index in [9.17, 15) is 4.39 Å². The molecule has 0 aromatic heterocycles. The molecule has 1 unspecified atom stereocenters. The van der Waals surface area contributed by atoms with Crippen molar-refractivity contribution in [2.24, 2.45) is 0 Å². The van der Waals surface area contributed by atoms with Crippen molar-refractivity contribution in [3.05, 3.63) is 62.8 Å². The molecule has 0 spiro atoms. The van der Waals surface area contributed by atoms with Gasteiger partial charge >= 0.3 is 0 Å². The van der Waals surface area contributed by atoms with Gasteiger partial charge in [0, 0.05) is 10.5 Å². The van der Waals surface area contributed by atoms with Crippen LogP contribution in [-0.4, -0.2) is 0 Å². The average Bonchev–Trinajstić information content (AvgIpc) is 2.34. The SMILES string of the molecule is Cc1ccccc1C(C)Nc1c(Cl)cc(F)cc1Br. The van der Waals surface area contributed by atoms with Gasteiger partial charge in [-0.2, -0.15) is 0 Å². The normalized spacial score (nSPS) is 12.3. The van der Waals surface area contributed by atoms with Crippen molar-refractivity contribution >= 4 is 33.2 Å². The number of halogens is 3. The second-order valence-electron chi connectivity index (χ2n) is 4.47. The lowest BCUT2D eigenvalue weighted by Gasteiger charge is -2.19. The Morgan fingerprint density at radius 3 is 2.58 bits per heavy atom. The van der Waals surface area contributed by atoms with Crippen LogP contribution in [0, 0.1) is 12.7 Å². The minimum absolute atomic E-state index is 0.0838. The van der Waals surface area contributed by atoms with E-state index in [4.69, 9.17) is 11.6 Å². The summed E-state index contributed by atoms with van der Waals surface area (Å²) in [5, 5.41) is 3.69. The van der Waals surface area contributed by atoms with E-state index in [0.717, 1.165) is 0 Å². The van der Waals surface area contributed by atoms with Gasteiger partial charge in [-0.15, -0.1) is 0 Å². The van der Waals surface area contributed by atoms with Gasteiger partial charge in [0.2, 0.25) is 0 Å². The number of hydrogen-bond acceptors (Lipinski definition) is 1. The van der Waals surface area contributed by atoms with Gasteiger partial charge in [0.05, 0.1) is 10.7 Å². The van der Waals surface area contributed by atoms with E-state index in [1.54, 1.807) is 0 Å². The van der Waals surface area contributed by atoms with E-state index < -0.39 is 0 Å². The van der Waals surface area contributed by atoms with E-state index in [0.29, 0.717) is 15.2 Å². The predicted molar refractivity (Wildman–Crippen MR) is 82.3 cm³/mol. The summed E-state index contributed by atoms with van der Waals surface area (Å²) < 4.78 is 13.8. The molecule has 4 heteroatoms. The highest BCUT2D eigenvalue weighted by Gasteiger charge is 2.13. The number of nitrogens with one attached hydrogen (secondary N) is 1. The molecule has 0 radical (unpaired) electrons. The van der Waals surface area contributed by atoms with Crippen molar-refractivity contribution in [2.75, 3.05) is 5.32 Å². The van der Waals surface area contributed by atoms with Crippen molar-refractivity contribution < 1.29 is 4.39 Å². The molecule has 0 aliphatic rings. The number of anilines is 1. The maximum atomic E-state index is 13.2.